The van der Waals surface area contributed by atoms with Crippen molar-refractivity contribution in [3.63, 3.8) is 0 Å². The van der Waals surface area contributed by atoms with Gasteiger partial charge in [0.15, 0.2) is 0 Å². The third-order valence-corrected chi connectivity index (χ3v) is 4.47. The lowest BCUT2D eigenvalue weighted by Gasteiger charge is -2.28. The van der Waals surface area contributed by atoms with E-state index in [9.17, 15) is 18.0 Å². The number of esters is 1. The van der Waals surface area contributed by atoms with E-state index < -0.39 is 11.9 Å². The minimum absolute atomic E-state index is 0.147. The molecule has 2 unspecified atom stereocenters. The third kappa shape index (κ3) is 4.36. The van der Waals surface area contributed by atoms with E-state index in [0.717, 1.165) is 18.1 Å². The van der Waals surface area contributed by atoms with Gasteiger partial charge in [0.1, 0.15) is 5.69 Å². The van der Waals surface area contributed by atoms with Crippen molar-refractivity contribution < 1.29 is 22.7 Å². The van der Waals surface area contributed by atoms with E-state index in [4.69, 9.17) is 4.74 Å². The first-order valence-electron chi connectivity index (χ1n) is 8.26. The van der Waals surface area contributed by atoms with Gasteiger partial charge in [-0.15, -0.1) is 0 Å². The predicted octanol–water partition coefficient (Wildman–Crippen LogP) is 4.87. The van der Waals surface area contributed by atoms with Crippen LogP contribution < -0.4 is 0 Å². The zero-order valence-corrected chi connectivity index (χ0v) is 13.9. The SMILES string of the molecule is CCOC(=O)C(CC)C1CC=C(c2ccnc(C(F)(F)F)c2)CC1. The van der Waals surface area contributed by atoms with Gasteiger partial charge in [-0.3, -0.25) is 9.78 Å². The highest BCUT2D eigenvalue weighted by Gasteiger charge is 2.33. The monoisotopic (exact) mass is 341 g/mol. The van der Waals surface area contributed by atoms with Crippen LogP contribution in [0.15, 0.2) is 24.4 Å². The number of aromatic nitrogens is 1. The molecule has 0 aliphatic heterocycles. The second kappa shape index (κ2) is 7.81. The average molecular weight is 341 g/mol. The summed E-state index contributed by atoms with van der Waals surface area (Å²) in [7, 11) is 0. The van der Waals surface area contributed by atoms with Crippen molar-refractivity contribution >= 4 is 11.5 Å². The molecule has 24 heavy (non-hydrogen) atoms. The maximum atomic E-state index is 12.8. The van der Waals surface area contributed by atoms with Gasteiger partial charge in [-0.25, -0.2) is 0 Å². The fourth-order valence-electron chi connectivity index (χ4n) is 3.21. The van der Waals surface area contributed by atoms with Crippen LogP contribution in [0.4, 0.5) is 13.2 Å². The van der Waals surface area contributed by atoms with Gasteiger partial charge in [-0.2, -0.15) is 13.2 Å². The number of carbonyl (C=O) groups is 1. The van der Waals surface area contributed by atoms with Crippen LogP contribution in [-0.4, -0.2) is 17.6 Å². The third-order valence-electron chi connectivity index (χ3n) is 4.47. The Balaban J connectivity index is 2.12. The second-order valence-electron chi connectivity index (χ2n) is 5.96. The molecule has 0 N–H and O–H groups in total. The zero-order valence-electron chi connectivity index (χ0n) is 13.9. The van der Waals surface area contributed by atoms with E-state index in [2.05, 4.69) is 4.98 Å². The van der Waals surface area contributed by atoms with Crippen molar-refractivity contribution in [2.75, 3.05) is 6.61 Å². The quantitative estimate of drug-likeness (QED) is 0.717. The number of hydrogen-bond donors (Lipinski definition) is 0. The maximum Gasteiger partial charge on any atom is 0.433 e. The molecule has 132 valence electrons. The Labute approximate surface area is 139 Å². The van der Waals surface area contributed by atoms with Crippen LogP contribution in [0, 0.1) is 11.8 Å². The molecule has 1 heterocycles. The zero-order chi connectivity index (χ0) is 17.7. The van der Waals surface area contributed by atoms with Crippen LogP contribution >= 0.6 is 0 Å². The Morgan fingerprint density at radius 1 is 1.42 bits per heavy atom. The van der Waals surface area contributed by atoms with Gasteiger partial charge in [0, 0.05) is 6.20 Å². The van der Waals surface area contributed by atoms with Crippen molar-refractivity contribution in [1.29, 1.82) is 0 Å². The van der Waals surface area contributed by atoms with Crippen LogP contribution in [0.3, 0.4) is 0 Å². The molecule has 0 saturated heterocycles. The molecule has 1 aromatic rings. The second-order valence-corrected chi connectivity index (χ2v) is 5.96. The summed E-state index contributed by atoms with van der Waals surface area (Å²) < 4.78 is 43.5. The standard InChI is InChI=1S/C18H22F3NO2/c1-3-15(17(23)24-4-2)13-7-5-12(6-8-13)14-9-10-22-16(11-14)18(19,20)21/h5,9-11,13,15H,3-4,6-8H2,1-2H3. The minimum Gasteiger partial charge on any atom is -0.466 e. The molecule has 0 radical (unpaired) electrons. The topological polar surface area (TPSA) is 39.2 Å². The Morgan fingerprint density at radius 3 is 2.71 bits per heavy atom. The highest BCUT2D eigenvalue weighted by molar-refractivity contribution is 5.73. The van der Waals surface area contributed by atoms with E-state index in [1.807, 2.05) is 13.0 Å². The van der Waals surface area contributed by atoms with Gasteiger partial charge in [-0.1, -0.05) is 13.0 Å². The van der Waals surface area contributed by atoms with E-state index >= 15 is 0 Å². The normalized spacial score (nSPS) is 19.5. The van der Waals surface area contributed by atoms with E-state index in [0.29, 0.717) is 31.4 Å². The lowest BCUT2D eigenvalue weighted by Crippen LogP contribution is -2.26. The first-order valence-corrected chi connectivity index (χ1v) is 8.26. The number of rotatable bonds is 5. The van der Waals surface area contributed by atoms with Gasteiger partial charge in [0.05, 0.1) is 12.5 Å². The summed E-state index contributed by atoms with van der Waals surface area (Å²) in [6.07, 6.45) is 1.51. The van der Waals surface area contributed by atoms with E-state index in [-0.39, 0.29) is 17.8 Å². The summed E-state index contributed by atoms with van der Waals surface area (Å²) in [5, 5.41) is 0. The summed E-state index contributed by atoms with van der Waals surface area (Å²) in [6.45, 7) is 4.10. The van der Waals surface area contributed by atoms with Crippen molar-refractivity contribution in [2.24, 2.45) is 11.8 Å². The molecule has 0 spiro atoms. The van der Waals surface area contributed by atoms with Crippen molar-refractivity contribution in [2.45, 2.75) is 45.7 Å². The molecule has 0 aromatic carbocycles. The molecular weight excluding hydrogens is 319 g/mol. The Kier molecular flexibility index (Phi) is 6.02. The largest absolute Gasteiger partial charge is 0.466 e. The molecule has 0 fully saturated rings. The van der Waals surface area contributed by atoms with Gasteiger partial charge in [0.2, 0.25) is 0 Å². The molecule has 0 saturated carbocycles. The van der Waals surface area contributed by atoms with Gasteiger partial charge in [-0.05, 0) is 61.8 Å². The van der Waals surface area contributed by atoms with Gasteiger partial charge < -0.3 is 4.74 Å². The molecule has 6 heteroatoms. The van der Waals surface area contributed by atoms with Crippen molar-refractivity contribution in [3.05, 3.63) is 35.7 Å². The van der Waals surface area contributed by atoms with Gasteiger partial charge >= 0.3 is 12.1 Å². The fraction of sp³-hybridized carbons (Fsp3) is 0.556. The highest BCUT2D eigenvalue weighted by atomic mass is 19.4. The summed E-state index contributed by atoms with van der Waals surface area (Å²) in [4.78, 5) is 15.4. The number of halogens is 3. The van der Waals surface area contributed by atoms with Crippen molar-refractivity contribution in [3.8, 4) is 0 Å². The Morgan fingerprint density at radius 2 is 2.17 bits per heavy atom. The molecule has 1 aliphatic carbocycles. The Bertz CT molecular complexity index is 611. The molecule has 0 bridgehead atoms. The number of allylic oxidation sites excluding steroid dienone is 2. The average Bonchev–Trinajstić information content (AvgIpc) is 2.56. The van der Waals surface area contributed by atoms with Crippen LogP contribution in [-0.2, 0) is 15.7 Å². The first-order chi connectivity index (χ1) is 11.4. The molecule has 1 aromatic heterocycles. The van der Waals surface area contributed by atoms with E-state index in [1.165, 1.54) is 6.20 Å². The molecule has 3 nitrogen and oxygen atoms in total. The number of alkyl halides is 3. The maximum absolute atomic E-state index is 12.8. The molecule has 1 aliphatic rings. The fourth-order valence-corrected chi connectivity index (χ4v) is 3.21. The molecule has 0 amide bonds. The van der Waals surface area contributed by atoms with Gasteiger partial charge in [0.25, 0.3) is 0 Å². The lowest BCUT2D eigenvalue weighted by atomic mass is 9.78. The Hall–Kier alpha value is -1.85. The summed E-state index contributed by atoms with van der Waals surface area (Å²) in [5.74, 6) is -0.141. The lowest BCUT2D eigenvalue weighted by molar-refractivity contribution is -0.150. The summed E-state index contributed by atoms with van der Waals surface area (Å²) in [5.41, 5.74) is 0.568. The van der Waals surface area contributed by atoms with Crippen LogP contribution in [0.5, 0.6) is 0 Å². The number of nitrogens with zero attached hydrogens (tertiary/aromatic N) is 1. The molecule has 2 atom stereocenters. The van der Waals surface area contributed by atoms with Crippen LogP contribution in [0.25, 0.3) is 5.57 Å². The minimum atomic E-state index is -4.44. The summed E-state index contributed by atoms with van der Waals surface area (Å²) in [6, 6.07) is 2.69. The number of carbonyl (C=O) groups excluding carboxylic acids is 1. The number of ether oxygens (including phenoxy) is 1. The number of hydrogen-bond acceptors (Lipinski definition) is 3. The summed E-state index contributed by atoms with van der Waals surface area (Å²) >= 11 is 0. The highest BCUT2D eigenvalue weighted by Crippen LogP contribution is 2.37. The first kappa shape index (κ1) is 18.5. The van der Waals surface area contributed by atoms with Crippen molar-refractivity contribution in [1.82, 2.24) is 4.98 Å². The molecular formula is C18H22F3NO2. The van der Waals surface area contributed by atoms with Crippen LogP contribution in [0.2, 0.25) is 0 Å². The smallest absolute Gasteiger partial charge is 0.433 e. The number of pyridine rings is 1. The molecule has 2 rings (SSSR count). The predicted molar refractivity (Wildman–Crippen MR) is 85.0 cm³/mol. The van der Waals surface area contributed by atoms with E-state index in [1.54, 1.807) is 13.0 Å². The van der Waals surface area contributed by atoms with Crippen LogP contribution in [0.1, 0.15) is 50.8 Å².